The van der Waals surface area contributed by atoms with Gasteiger partial charge < -0.3 is 4.74 Å². The molecule has 4 heteroatoms. The predicted molar refractivity (Wildman–Crippen MR) is 98.8 cm³/mol. The number of methoxy groups -OCH3 is 1. The molecule has 0 saturated carbocycles. The quantitative estimate of drug-likeness (QED) is 0.549. The summed E-state index contributed by atoms with van der Waals surface area (Å²) in [5.74, 6) is 0.858. The zero-order chi connectivity index (χ0) is 17.1. The molecule has 0 N–H and O–H groups in total. The maximum absolute atomic E-state index is 5.20. The molecule has 0 aliphatic carbocycles. The average molecular weight is 327 g/mol. The minimum atomic E-state index is 0.858. The Bertz CT molecular complexity index is 958. The Morgan fingerprint density at radius 1 is 0.720 bits per heavy atom. The Morgan fingerprint density at radius 2 is 1.36 bits per heavy atom. The van der Waals surface area contributed by atoms with E-state index in [1.54, 1.807) is 11.8 Å². The van der Waals surface area contributed by atoms with Crippen LogP contribution in [-0.2, 0) is 0 Å². The van der Waals surface area contributed by atoms with Crippen LogP contribution in [0.5, 0.6) is 5.75 Å². The van der Waals surface area contributed by atoms with Crippen LogP contribution in [0.4, 0.5) is 0 Å². The van der Waals surface area contributed by atoms with Crippen LogP contribution in [0.2, 0.25) is 0 Å². The Hall–Kier alpha value is -3.40. The molecule has 1 aromatic heterocycles. The second kappa shape index (κ2) is 6.61. The summed E-state index contributed by atoms with van der Waals surface area (Å²) in [6.45, 7) is 0. The highest BCUT2D eigenvalue weighted by atomic mass is 16.5. The summed E-state index contributed by atoms with van der Waals surface area (Å²) in [5, 5.41) is 8.50. The van der Waals surface area contributed by atoms with Crippen molar-refractivity contribution in [2.45, 2.75) is 0 Å². The molecule has 25 heavy (non-hydrogen) atoms. The Balaban J connectivity index is 1.59. The van der Waals surface area contributed by atoms with Gasteiger partial charge in [0.1, 0.15) is 11.4 Å². The Morgan fingerprint density at radius 3 is 2.00 bits per heavy atom. The van der Waals surface area contributed by atoms with Crippen molar-refractivity contribution in [3.63, 3.8) is 0 Å². The first-order valence-electron chi connectivity index (χ1n) is 8.06. The largest absolute Gasteiger partial charge is 0.497 e. The monoisotopic (exact) mass is 327 g/mol. The number of benzene rings is 3. The fourth-order valence-corrected chi connectivity index (χ4v) is 2.72. The number of nitrogens with zero attached hydrogens (tertiary/aromatic N) is 3. The Kier molecular flexibility index (Phi) is 4.01. The van der Waals surface area contributed by atoms with E-state index in [1.165, 1.54) is 0 Å². The van der Waals surface area contributed by atoms with Crippen molar-refractivity contribution in [3.8, 4) is 33.8 Å². The molecule has 0 saturated heterocycles. The summed E-state index contributed by atoms with van der Waals surface area (Å²) >= 11 is 0. The first kappa shape index (κ1) is 15.1. The van der Waals surface area contributed by atoms with Crippen LogP contribution in [0.15, 0.2) is 85.1 Å². The van der Waals surface area contributed by atoms with Gasteiger partial charge in [-0.1, -0.05) is 59.8 Å². The molecule has 0 aliphatic heterocycles. The van der Waals surface area contributed by atoms with Gasteiger partial charge in [-0.05, 0) is 35.4 Å². The van der Waals surface area contributed by atoms with E-state index in [9.17, 15) is 0 Å². The first-order chi connectivity index (χ1) is 12.3. The van der Waals surface area contributed by atoms with Crippen LogP contribution >= 0.6 is 0 Å². The lowest BCUT2D eigenvalue weighted by atomic mass is 10.1. The molecule has 0 radical (unpaired) electrons. The third-order valence-corrected chi connectivity index (χ3v) is 4.12. The molecular weight excluding hydrogens is 310 g/mol. The van der Waals surface area contributed by atoms with Crippen LogP contribution in [0.25, 0.3) is 28.1 Å². The topological polar surface area (TPSA) is 39.9 Å². The van der Waals surface area contributed by atoms with Crippen molar-refractivity contribution in [2.24, 2.45) is 0 Å². The van der Waals surface area contributed by atoms with Crippen LogP contribution < -0.4 is 4.74 Å². The van der Waals surface area contributed by atoms with Gasteiger partial charge in [-0.15, -0.1) is 5.10 Å². The highest BCUT2D eigenvalue weighted by Crippen LogP contribution is 2.24. The molecule has 0 bridgehead atoms. The van der Waals surface area contributed by atoms with Crippen molar-refractivity contribution in [3.05, 3.63) is 85.1 Å². The molecule has 0 spiro atoms. The van der Waals surface area contributed by atoms with Crippen molar-refractivity contribution in [1.29, 1.82) is 0 Å². The molecule has 4 nitrogen and oxygen atoms in total. The smallest absolute Gasteiger partial charge is 0.118 e. The molecule has 0 unspecified atom stereocenters. The van der Waals surface area contributed by atoms with Crippen LogP contribution in [0.1, 0.15) is 0 Å². The highest BCUT2D eigenvalue weighted by molar-refractivity contribution is 5.65. The molecule has 0 atom stereocenters. The second-order valence-electron chi connectivity index (χ2n) is 5.69. The number of aromatic nitrogens is 3. The van der Waals surface area contributed by atoms with Gasteiger partial charge in [0.15, 0.2) is 0 Å². The van der Waals surface area contributed by atoms with Gasteiger partial charge in [0.2, 0.25) is 0 Å². The lowest BCUT2D eigenvalue weighted by Crippen LogP contribution is -1.94. The lowest BCUT2D eigenvalue weighted by molar-refractivity contribution is 0.415. The van der Waals surface area contributed by atoms with E-state index in [2.05, 4.69) is 34.6 Å². The van der Waals surface area contributed by atoms with Crippen LogP contribution in [0.3, 0.4) is 0 Å². The van der Waals surface area contributed by atoms with E-state index in [0.717, 1.165) is 33.8 Å². The molecule has 0 aliphatic rings. The van der Waals surface area contributed by atoms with Gasteiger partial charge in [-0.2, -0.15) is 0 Å². The zero-order valence-corrected chi connectivity index (χ0v) is 13.8. The number of ether oxygens (including phenoxy) is 1. The fraction of sp³-hybridized carbons (Fsp3) is 0.0476. The van der Waals surface area contributed by atoms with E-state index in [4.69, 9.17) is 4.74 Å². The van der Waals surface area contributed by atoms with E-state index in [-0.39, 0.29) is 0 Å². The second-order valence-corrected chi connectivity index (χ2v) is 5.69. The maximum Gasteiger partial charge on any atom is 0.118 e. The third kappa shape index (κ3) is 3.15. The molecule has 1 heterocycles. The minimum Gasteiger partial charge on any atom is -0.497 e. The van der Waals surface area contributed by atoms with Crippen molar-refractivity contribution < 1.29 is 4.74 Å². The summed E-state index contributed by atoms with van der Waals surface area (Å²) in [7, 11) is 1.67. The fourth-order valence-electron chi connectivity index (χ4n) is 2.72. The minimum absolute atomic E-state index is 0.858. The summed E-state index contributed by atoms with van der Waals surface area (Å²) in [6.07, 6.45) is 1.94. The van der Waals surface area contributed by atoms with Gasteiger partial charge in [-0.3, -0.25) is 0 Å². The van der Waals surface area contributed by atoms with Gasteiger partial charge in [0.25, 0.3) is 0 Å². The Labute approximate surface area is 146 Å². The molecule has 3 aromatic carbocycles. The molecule has 0 fully saturated rings. The number of rotatable bonds is 4. The van der Waals surface area contributed by atoms with Crippen molar-refractivity contribution >= 4 is 0 Å². The molecular formula is C21H17N3O. The van der Waals surface area contributed by atoms with E-state index in [0.29, 0.717) is 0 Å². The number of hydrogen-bond acceptors (Lipinski definition) is 3. The molecule has 4 rings (SSSR count). The van der Waals surface area contributed by atoms with E-state index >= 15 is 0 Å². The van der Waals surface area contributed by atoms with Gasteiger partial charge >= 0.3 is 0 Å². The lowest BCUT2D eigenvalue weighted by Gasteiger charge is -2.05. The summed E-state index contributed by atoms with van der Waals surface area (Å²) < 4.78 is 6.99. The standard InChI is InChI=1S/C21H17N3O/c1-25-20-13-9-17(10-14-20)16-7-11-19(12-8-16)24-15-21(22-23-24)18-5-3-2-4-6-18/h2-15H,1H3. The number of hydrogen-bond donors (Lipinski definition) is 0. The van der Waals surface area contributed by atoms with E-state index in [1.807, 2.05) is 60.8 Å². The van der Waals surface area contributed by atoms with Crippen LogP contribution in [0, 0.1) is 0 Å². The van der Waals surface area contributed by atoms with Crippen LogP contribution in [-0.4, -0.2) is 22.1 Å². The maximum atomic E-state index is 5.20. The average Bonchev–Trinajstić information content (AvgIpc) is 3.19. The van der Waals surface area contributed by atoms with Gasteiger partial charge in [-0.25, -0.2) is 4.68 Å². The molecule has 4 aromatic rings. The third-order valence-electron chi connectivity index (χ3n) is 4.12. The summed E-state index contributed by atoms with van der Waals surface area (Å²) in [6, 6.07) is 26.3. The first-order valence-corrected chi connectivity index (χ1v) is 8.06. The SMILES string of the molecule is COc1ccc(-c2ccc(-n3cc(-c4ccccc4)nn3)cc2)cc1. The molecule has 122 valence electrons. The predicted octanol–water partition coefficient (Wildman–Crippen LogP) is 4.61. The van der Waals surface area contributed by atoms with Gasteiger partial charge in [0.05, 0.1) is 19.0 Å². The molecule has 0 amide bonds. The van der Waals surface area contributed by atoms with E-state index < -0.39 is 0 Å². The highest BCUT2D eigenvalue weighted by Gasteiger charge is 2.05. The van der Waals surface area contributed by atoms with Crippen molar-refractivity contribution in [2.75, 3.05) is 7.11 Å². The normalized spacial score (nSPS) is 10.6. The summed E-state index contributed by atoms with van der Waals surface area (Å²) in [5.41, 5.74) is 5.20. The zero-order valence-electron chi connectivity index (χ0n) is 13.8. The van der Waals surface area contributed by atoms with Gasteiger partial charge in [0, 0.05) is 5.56 Å². The summed E-state index contributed by atoms with van der Waals surface area (Å²) in [4.78, 5) is 0. The van der Waals surface area contributed by atoms with Crippen molar-refractivity contribution in [1.82, 2.24) is 15.0 Å².